The number of alkyl carbamates (subject to hydrolysis) is 1. The summed E-state index contributed by atoms with van der Waals surface area (Å²) in [5.41, 5.74) is 1.30. The van der Waals surface area contributed by atoms with E-state index in [0.717, 1.165) is 32.2 Å². The molecule has 0 saturated carbocycles. The number of piperidine rings is 1. The largest absolute Gasteiger partial charge is 0.461 e. The lowest BCUT2D eigenvalue weighted by Gasteiger charge is -2.34. The number of hydrogen-bond acceptors (Lipinski definition) is 9. The number of rotatable bonds is 3. The average Bonchev–Trinajstić information content (AvgIpc) is 3.74. The van der Waals surface area contributed by atoms with Gasteiger partial charge in [0.05, 0.1) is 34.3 Å². The molecule has 2 N–H and O–H groups in total. The molecule has 11 nitrogen and oxygen atoms in total. The van der Waals surface area contributed by atoms with E-state index in [1.54, 1.807) is 24.5 Å². The maximum Gasteiger partial charge on any atom is 0.407 e. The van der Waals surface area contributed by atoms with Gasteiger partial charge in [-0.05, 0) is 44.7 Å². The molecule has 0 radical (unpaired) electrons. The standard InChI is InChI=1S/C32H33ClF2N8O3/c33-23-11-24-21(14-37-41-24)25-20(23)6-1-2-10-45-31(44)38-19-5-3-8-42(16-19)29-22-13-36-28(25)26(35)27(22)39-30(40-29)46-17-32-7-4-9-43(32)15-18(34)12-32/h1,6,11,13-14,18-19H,2-5,7-10,12,15-17H2,(H,37,41)(H,38,44)/b6-1-/t18-,19-,32+/m1/s1. The molecule has 8 heterocycles. The smallest absolute Gasteiger partial charge is 0.407 e. The fourth-order valence-corrected chi connectivity index (χ4v) is 7.82. The molecule has 14 heteroatoms. The van der Waals surface area contributed by atoms with Crippen molar-refractivity contribution in [2.75, 3.05) is 44.3 Å². The second-order valence-electron chi connectivity index (χ2n) is 12.6. The average molecular weight is 651 g/mol. The van der Waals surface area contributed by atoms with Gasteiger partial charge in [0.25, 0.3) is 0 Å². The molecule has 3 atom stereocenters. The van der Waals surface area contributed by atoms with Gasteiger partial charge in [0.2, 0.25) is 0 Å². The first-order valence-electron chi connectivity index (χ1n) is 15.8. The molecular weight excluding hydrogens is 618 g/mol. The number of aromatic nitrogens is 5. The number of nitrogens with zero attached hydrogens (tertiary/aromatic N) is 6. The monoisotopic (exact) mass is 650 g/mol. The van der Waals surface area contributed by atoms with Crippen molar-refractivity contribution in [1.82, 2.24) is 35.4 Å². The Morgan fingerprint density at radius 1 is 1.17 bits per heavy atom. The van der Waals surface area contributed by atoms with Crippen LogP contribution in [0.1, 0.15) is 44.1 Å². The number of nitrogens with one attached hydrogen (secondary N) is 2. The third-order valence-electron chi connectivity index (χ3n) is 9.69. The number of amides is 1. The predicted octanol–water partition coefficient (Wildman–Crippen LogP) is 5.43. The summed E-state index contributed by atoms with van der Waals surface area (Å²) in [6.07, 6.45) is 9.50. The van der Waals surface area contributed by atoms with E-state index in [9.17, 15) is 9.18 Å². The van der Waals surface area contributed by atoms with Gasteiger partial charge >= 0.3 is 12.1 Å². The van der Waals surface area contributed by atoms with E-state index in [0.29, 0.717) is 70.7 Å². The van der Waals surface area contributed by atoms with Gasteiger partial charge in [-0.3, -0.25) is 15.0 Å². The Kier molecular flexibility index (Phi) is 7.40. The molecule has 6 bridgehead atoms. The van der Waals surface area contributed by atoms with Gasteiger partial charge < -0.3 is 19.7 Å². The molecule has 240 valence electrons. The summed E-state index contributed by atoms with van der Waals surface area (Å²) in [5, 5.41) is 11.5. The third kappa shape index (κ3) is 5.09. The van der Waals surface area contributed by atoms with Crippen molar-refractivity contribution in [3.8, 4) is 17.3 Å². The Morgan fingerprint density at radius 3 is 3.00 bits per heavy atom. The molecule has 3 fully saturated rings. The van der Waals surface area contributed by atoms with Crippen molar-refractivity contribution in [2.24, 2.45) is 0 Å². The number of H-pyrrole nitrogens is 1. The Labute approximate surface area is 268 Å². The van der Waals surface area contributed by atoms with Crippen LogP contribution in [0.5, 0.6) is 6.01 Å². The van der Waals surface area contributed by atoms with Crippen LogP contribution in [0.2, 0.25) is 5.02 Å². The fourth-order valence-electron chi connectivity index (χ4n) is 7.56. The second kappa shape index (κ2) is 11.6. The number of alkyl halides is 1. The topological polar surface area (TPSA) is 121 Å². The van der Waals surface area contributed by atoms with E-state index in [4.69, 9.17) is 26.1 Å². The summed E-state index contributed by atoms with van der Waals surface area (Å²) >= 11 is 6.74. The summed E-state index contributed by atoms with van der Waals surface area (Å²) in [7, 11) is 0. The van der Waals surface area contributed by atoms with Crippen LogP contribution in [0.4, 0.5) is 19.4 Å². The number of halogens is 3. The molecule has 3 saturated heterocycles. The lowest BCUT2D eigenvalue weighted by atomic mass is 9.95. The zero-order valence-corrected chi connectivity index (χ0v) is 25.8. The van der Waals surface area contributed by atoms with E-state index in [-0.39, 0.29) is 36.5 Å². The molecule has 9 rings (SSSR count). The highest BCUT2D eigenvalue weighted by atomic mass is 35.5. The summed E-state index contributed by atoms with van der Waals surface area (Å²) in [5.74, 6) is -0.192. The predicted molar refractivity (Wildman–Crippen MR) is 169 cm³/mol. The first kappa shape index (κ1) is 29.3. The quantitative estimate of drug-likeness (QED) is 0.299. The van der Waals surface area contributed by atoms with Gasteiger partial charge in [0.1, 0.15) is 29.8 Å². The van der Waals surface area contributed by atoms with Crippen molar-refractivity contribution >= 4 is 51.4 Å². The molecule has 4 aromatic rings. The molecule has 5 aliphatic rings. The van der Waals surface area contributed by atoms with Crippen molar-refractivity contribution < 1.29 is 23.0 Å². The van der Waals surface area contributed by atoms with Crippen LogP contribution in [0, 0.1) is 5.82 Å². The maximum absolute atomic E-state index is 17.0. The van der Waals surface area contributed by atoms with Gasteiger partial charge in [-0.25, -0.2) is 13.6 Å². The summed E-state index contributed by atoms with van der Waals surface area (Å²) in [6.45, 7) is 2.63. The molecule has 0 aliphatic carbocycles. The minimum absolute atomic E-state index is 0.00848. The molecular formula is C32H33ClF2N8O3. The van der Waals surface area contributed by atoms with Crippen molar-refractivity contribution in [1.29, 1.82) is 0 Å². The number of carbonyl (C=O) groups is 1. The van der Waals surface area contributed by atoms with E-state index in [2.05, 4.69) is 30.4 Å². The van der Waals surface area contributed by atoms with Crippen LogP contribution in [0.25, 0.3) is 39.1 Å². The zero-order chi connectivity index (χ0) is 31.4. The van der Waals surface area contributed by atoms with Gasteiger partial charge in [-0.2, -0.15) is 15.1 Å². The minimum Gasteiger partial charge on any atom is -0.461 e. The number of pyridine rings is 1. The number of fused-ring (bicyclic) bond motifs is 8. The maximum atomic E-state index is 17.0. The Morgan fingerprint density at radius 2 is 2.09 bits per heavy atom. The van der Waals surface area contributed by atoms with Crippen LogP contribution in [-0.4, -0.2) is 93.3 Å². The zero-order valence-electron chi connectivity index (χ0n) is 25.1. The van der Waals surface area contributed by atoms with E-state index < -0.39 is 23.6 Å². The van der Waals surface area contributed by atoms with Gasteiger partial charge in [0, 0.05) is 54.8 Å². The lowest BCUT2D eigenvalue weighted by molar-refractivity contribution is 0.107. The molecule has 0 spiro atoms. The van der Waals surface area contributed by atoms with Gasteiger partial charge in [-0.15, -0.1) is 0 Å². The molecule has 1 aromatic carbocycles. The van der Waals surface area contributed by atoms with Crippen LogP contribution >= 0.6 is 11.6 Å². The molecule has 3 aromatic heterocycles. The molecule has 1 amide bonds. The van der Waals surface area contributed by atoms with E-state index >= 15 is 4.39 Å². The highest BCUT2D eigenvalue weighted by Gasteiger charge is 2.49. The summed E-state index contributed by atoms with van der Waals surface area (Å²) < 4.78 is 43.2. The number of aromatic amines is 1. The van der Waals surface area contributed by atoms with E-state index in [1.807, 2.05) is 11.0 Å². The molecule has 0 unspecified atom stereocenters. The fraction of sp³-hybridized carbons (Fsp3) is 0.469. The van der Waals surface area contributed by atoms with Crippen LogP contribution in [0.15, 0.2) is 24.5 Å². The third-order valence-corrected chi connectivity index (χ3v) is 10.0. The summed E-state index contributed by atoms with van der Waals surface area (Å²) in [4.78, 5) is 30.9. The minimum atomic E-state index is -0.913. The second-order valence-corrected chi connectivity index (χ2v) is 13.0. The Balaban J connectivity index is 1.30. The van der Waals surface area contributed by atoms with E-state index in [1.165, 1.54) is 0 Å². The van der Waals surface area contributed by atoms with Crippen LogP contribution < -0.4 is 15.0 Å². The normalized spacial score (nSPS) is 25.8. The number of ether oxygens (including phenoxy) is 2. The Hall–Kier alpha value is -4.10. The molecule has 5 aliphatic heterocycles. The highest BCUT2D eigenvalue weighted by Crippen LogP contribution is 2.42. The molecule has 46 heavy (non-hydrogen) atoms. The number of anilines is 1. The first-order valence-corrected chi connectivity index (χ1v) is 16.2. The Bertz CT molecular complexity index is 1870. The van der Waals surface area contributed by atoms with Crippen molar-refractivity contribution in [2.45, 2.75) is 56.3 Å². The van der Waals surface area contributed by atoms with Crippen molar-refractivity contribution in [3.05, 3.63) is 40.9 Å². The van der Waals surface area contributed by atoms with Gasteiger partial charge in [-0.1, -0.05) is 23.8 Å². The van der Waals surface area contributed by atoms with Crippen LogP contribution in [0.3, 0.4) is 0 Å². The first-order chi connectivity index (χ1) is 22.4. The SMILES string of the molecule is O=C1N[C@@H]2CCCN(C2)c2nc(OC[C@@]34CCCN3C[C@H](F)C4)nc3c(F)c(ncc23)-c2c(c(Cl)cc3[nH]ncc23)/C=C\CCO1. The number of hydrogen-bond donors (Lipinski definition) is 2. The lowest BCUT2D eigenvalue weighted by Crippen LogP contribution is -2.48. The summed E-state index contributed by atoms with van der Waals surface area (Å²) in [6, 6.07) is 1.53. The number of carbonyl (C=O) groups excluding carboxylic acids is 1. The number of benzene rings is 1. The van der Waals surface area contributed by atoms with Crippen LogP contribution in [-0.2, 0) is 4.74 Å². The van der Waals surface area contributed by atoms with Gasteiger partial charge in [0.15, 0.2) is 5.82 Å². The van der Waals surface area contributed by atoms with Crippen molar-refractivity contribution in [3.63, 3.8) is 0 Å². The highest BCUT2D eigenvalue weighted by molar-refractivity contribution is 6.33.